The van der Waals surface area contributed by atoms with Gasteiger partial charge in [0.25, 0.3) is 0 Å². The predicted octanol–water partition coefficient (Wildman–Crippen LogP) is 4.58. The van der Waals surface area contributed by atoms with E-state index < -0.39 is 0 Å². The van der Waals surface area contributed by atoms with Crippen molar-refractivity contribution in [1.82, 2.24) is 25.6 Å². The van der Waals surface area contributed by atoms with E-state index in [0.717, 1.165) is 27.7 Å². The van der Waals surface area contributed by atoms with Gasteiger partial charge in [-0.05, 0) is 53.2 Å². The molecule has 0 spiro atoms. The monoisotopic (exact) mass is 439 g/mol. The number of ether oxygens (including phenoxy) is 3. The molecule has 0 aliphatic carbocycles. The molecule has 0 amide bonds. The molecule has 3 aromatic carbocycles. The number of fused-ring (bicyclic) bond motifs is 1. The van der Waals surface area contributed by atoms with Crippen molar-refractivity contribution in [3.05, 3.63) is 90.1 Å². The van der Waals surface area contributed by atoms with E-state index in [-0.39, 0.29) is 0 Å². The molecule has 8 nitrogen and oxygen atoms in total. The summed E-state index contributed by atoms with van der Waals surface area (Å²) in [5, 5.41) is 15.2. The fraction of sp³-hybridized carbons (Fsp3) is 0.120. The van der Waals surface area contributed by atoms with Crippen molar-refractivity contribution >= 4 is 10.9 Å². The quantitative estimate of drug-likeness (QED) is 0.378. The third kappa shape index (κ3) is 4.90. The lowest BCUT2D eigenvalue weighted by Crippen LogP contribution is -2.00. The Balaban J connectivity index is 1.25. The number of nitrogens with zero attached hydrogens (tertiary/aromatic N) is 4. The van der Waals surface area contributed by atoms with Crippen molar-refractivity contribution in [3.63, 3.8) is 0 Å². The average Bonchev–Trinajstić information content (AvgIpc) is 3.41. The van der Waals surface area contributed by atoms with Crippen LogP contribution in [0.3, 0.4) is 0 Å². The van der Waals surface area contributed by atoms with Crippen LogP contribution in [0.1, 0.15) is 11.3 Å². The van der Waals surface area contributed by atoms with Gasteiger partial charge in [-0.25, -0.2) is 4.98 Å². The zero-order valence-corrected chi connectivity index (χ0v) is 17.9. The molecule has 5 aromatic rings. The highest BCUT2D eigenvalue weighted by atomic mass is 16.5. The van der Waals surface area contributed by atoms with E-state index in [1.807, 2.05) is 72.8 Å². The molecule has 1 N–H and O–H groups in total. The Morgan fingerprint density at radius 3 is 2.45 bits per heavy atom. The van der Waals surface area contributed by atoms with E-state index in [2.05, 4.69) is 31.7 Å². The lowest BCUT2D eigenvalue weighted by Gasteiger charge is -2.11. The van der Waals surface area contributed by atoms with Crippen molar-refractivity contribution in [2.24, 2.45) is 0 Å². The second-order valence-corrected chi connectivity index (χ2v) is 7.35. The van der Waals surface area contributed by atoms with Gasteiger partial charge in [-0.3, -0.25) is 0 Å². The number of benzene rings is 3. The summed E-state index contributed by atoms with van der Waals surface area (Å²) in [6.45, 7) is 0.718. The normalized spacial score (nSPS) is 10.8. The second-order valence-electron chi connectivity index (χ2n) is 7.35. The first-order valence-electron chi connectivity index (χ1n) is 10.4. The number of nitrogens with one attached hydrogen (secondary N) is 1. The largest absolute Gasteiger partial charge is 0.497 e. The molecule has 164 valence electrons. The zero-order valence-electron chi connectivity index (χ0n) is 17.9. The minimum Gasteiger partial charge on any atom is -0.497 e. The number of para-hydroxylation sites is 1. The number of tetrazole rings is 1. The molecule has 5 rings (SSSR count). The number of hydrogen-bond acceptors (Lipinski definition) is 7. The first-order chi connectivity index (χ1) is 16.3. The van der Waals surface area contributed by atoms with Crippen LogP contribution in [-0.2, 0) is 13.2 Å². The maximum absolute atomic E-state index is 6.00. The molecular weight excluding hydrogens is 418 g/mol. The highest BCUT2D eigenvalue weighted by Gasteiger charge is 2.09. The molecule has 0 radical (unpaired) electrons. The van der Waals surface area contributed by atoms with Crippen LogP contribution in [0, 0.1) is 0 Å². The van der Waals surface area contributed by atoms with Gasteiger partial charge in [0, 0.05) is 17.0 Å². The number of rotatable bonds is 8. The molecule has 33 heavy (non-hydrogen) atoms. The lowest BCUT2D eigenvalue weighted by atomic mass is 10.1. The maximum atomic E-state index is 6.00. The van der Waals surface area contributed by atoms with Gasteiger partial charge in [-0.2, -0.15) is 5.21 Å². The molecule has 0 atom stereocenters. The number of H-pyrrole nitrogens is 1. The van der Waals surface area contributed by atoms with Crippen LogP contribution in [-0.4, -0.2) is 32.7 Å². The summed E-state index contributed by atoms with van der Waals surface area (Å²) in [5.41, 5.74) is 3.53. The van der Waals surface area contributed by atoms with E-state index in [1.54, 1.807) is 7.11 Å². The number of pyridine rings is 1. The summed E-state index contributed by atoms with van der Waals surface area (Å²) in [6.07, 6.45) is 0. The third-order valence-electron chi connectivity index (χ3n) is 5.06. The van der Waals surface area contributed by atoms with Gasteiger partial charge in [0.1, 0.15) is 30.5 Å². The van der Waals surface area contributed by atoms with Gasteiger partial charge in [0.15, 0.2) is 0 Å². The van der Waals surface area contributed by atoms with Gasteiger partial charge in [-0.1, -0.05) is 30.3 Å². The average molecular weight is 439 g/mol. The number of hydrogen-bond donors (Lipinski definition) is 1. The topological polar surface area (TPSA) is 95.0 Å². The molecule has 0 aliphatic rings. The second kappa shape index (κ2) is 9.35. The Morgan fingerprint density at radius 2 is 1.64 bits per heavy atom. The van der Waals surface area contributed by atoms with Crippen LogP contribution in [0.4, 0.5) is 0 Å². The molecule has 0 fully saturated rings. The van der Waals surface area contributed by atoms with E-state index in [0.29, 0.717) is 36.3 Å². The number of methoxy groups -OCH3 is 1. The van der Waals surface area contributed by atoms with Crippen LogP contribution in [0.25, 0.3) is 22.3 Å². The van der Waals surface area contributed by atoms with Crippen LogP contribution >= 0.6 is 0 Å². The van der Waals surface area contributed by atoms with Crippen LogP contribution < -0.4 is 14.2 Å². The fourth-order valence-corrected chi connectivity index (χ4v) is 3.44. The lowest BCUT2D eigenvalue weighted by molar-refractivity contribution is 0.287. The summed E-state index contributed by atoms with van der Waals surface area (Å²) in [7, 11) is 1.62. The molecule has 2 aromatic heterocycles. The van der Waals surface area contributed by atoms with Gasteiger partial charge >= 0.3 is 0 Å². The summed E-state index contributed by atoms with van der Waals surface area (Å²) in [6, 6.07) is 25.3. The Labute approximate surface area is 190 Å². The Kier molecular flexibility index (Phi) is 5.79. The van der Waals surface area contributed by atoms with Crippen molar-refractivity contribution in [2.75, 3.05) is 7.11 Å². The highest BCUT2D eigenvalue weighted by molar-refractivity contribution is 5.78. The molecular formula is C25H21N5O3. The van der Waals surface area contributed by atoms with Crippen LogP contribution in [0.5, 0.6) is 17.2 Å². The highest BCUT2D eigenvalue weighted by Crippen LogP contribution is 2.26. The molecule has 8 heteroatoms. The summed E-state index contributed by atoms with van der Waals surface area (Å²) in [4.78, 5) is 4.65. The summed E-state index contributed by atoms with van der Waals surface area (Å²) >= 11 is 0. The van der Waals surface area contributed by atoms with Gasteiger partial charge in [0.2, 0.25) is 5.82 Å². The molecule has 0 bridgehead atoms. The van der Waals surface area contributed by atoms with E-state index in [9.17, 15) is 0 Å². The van der Waals surface area contributed by atoms with E-state index >= 15 is 0 Å². The first-order valence-corrected chi connectivity index (χ1v) is 10.4. The first kappa shape index (κ1) is 20.4. The predicted molar refractivity (Wildman–Crippen MR) is 123 cm³/mol. The number of aromatic amines is 1. The fourth-order valence-electron chi connectivity index (χ4n) is 3.44. The van der Waals surface area contributed by atoms with Crippen molar-refractivity contribution in [2.45, 2.75) is 13.2 Å². The zero-order chi connectivity index (χ0) is 22.5. The number of aromatic nitrogens is 5. The summed E-state index contributed by atoms with van der Waals surface area (Å²) < 4.78 is 17.3. The molecule has 0 unspecified atom stereocenters. The van der Waals surface area contributed by atoms with Gasteiger partial charge in [-0.15, -0.1) is 10.2 Å². The van der Waals surface area contributed by atoms with E-state index in [4.69, 9.17) is 14.2 Å². The SMILES string of the molecule is COc1cc(COc2cccc(OCc3ccc4ccccc4n3)c2)cc(-c2nn[nH]n2)c1. The summed E-state index contributed by atoms with van der Waals surface area (Å²) in [5.74, 6) is 2.59. The molecule has 0 saturated heterocycles. The minimum absolute atomic E-state index is 0.345. The molecule has 0 aliphatic heterocycles. The van der Waals surface area contributed by atoms with Crippen molar-refractivity contribution in [3.8, 4) is 28.6 Å². The molecule has 2 heterocycles. The van der Waals surface area contributed by atoms with Crippen molar-refractivity contribution < 1.29 is 14.2 Å². The Bertz CT molecular complexity index is 1370. The van der Waals surface area contributed by atoms with Crippen LogP contribution in [0.2, 0.25) is 0 Å². The Hall–Kier alpha value is -4.46. The van der Waals surface area contributed by atoms with E-state index in [1.165, 1.54) is 0 Å². The molecule has 0 saturated carbocycles. The van der Waals surface area contributed by atoms with Gasteiger partial charge < -0.3 is 14.2 Å². The Morgan fingerprint density at radius 1 is 0.788 bits per heavy atom. The van der Waals surface area contributed by atoms with Crippen molar-refractivity contribution in [1.29, 1.82) is 0 Å². The maximum Gasteiger partial charge on any atom is 0.204 e. The minimum atomic E-state index is 0.345. The van der Waals surface area contributed by atoms with Gasteiger partial charge in [0.05, 0.1) is 18.3 Å². The smallest absolute Gasteiger partial charge is 0.204 e. The van der Waals surface area contributed by atoms with Crippen LogP contribution in [0.15, 0.2) is 78.9 Å². The standard InChI is InChI=1S/C25H21N5O3/c1-31-23-12-17(11-19(13-23)25-27-29-30-28-25)15-32-21-6-4-7-22(14-21)33-16-20-10-9-18-5-2-3-8-24(18)26-20/h2-14H,15-16H2,1H3,(H,27,28,29,30). The third-order valence-corrected chi connectivity index (χ3v) is 5.06.